The Hall–Kier alpha value is -2.58. The molecule has 0 aliphatic heterocycles. The number of nitrogens with one attached hydrogen (secondary N) is 2. The van der Waals surface area contributed by atoms with Gasteiger partial charge in [0.15, 0.2) is 11.5 Å². The van der Waals surface area contributed by atoms with Crippen LogP contribution in [0.1, 0.15) is 56.6 Å². The molecule has 0 spiro atoms. The lowest BCUT2D eigenvalue weighted by Gasteiger charge is -2.18. The Bertz CT molecular complexity index is 986. The zero-order valence-corrected chi connectivity index (χ0v) is 19.7. The highest BCUT2D eigenvalue weighted by Crippen LogP contribution is 2.30. The van der Waals surface area contributed by atoms with Crippen molar-refractivity contribution in [1.82, 2.24) is 10.0 Å². The Labute approximate surface area is 185 Å². The highest BCUT2D eigenvalue weighted by atomic mass is 32.2. The minimum Gasteiger partial charge on any atom is -0.493 e. The maximum absolute atomic E-state index is 12.6. The number of benzene rings is 2. The van der Waals surface area contributed by atoms with E-state index in [9.17, 15) is 13.2 Å². The van der Waals surface area contributed by atoms with E-state index < -0.39 is 10.0 Å². The number of rotatable bonds is 10. The summed E-state index contributed by atoms with van der Waals surface area (Å²) in [5, 5.41) is 2.92. The van der Waals surface area contributed by atoms with Gasteiger partial charge in [-0.25, -0.2) is 13.1 Å². The normalized spacial score (nSPS) is 12.6. The Kier molecular flexibility index (Phi) is 8.47. The third-order valence-corrected chi connectivity index (χ3v) is 6.10. The van der Waals surface area contributed by atoms with E-state index in [1.54, 1.807) is 21.0 Å². The van der Waals surface area contributed by atoms with E-state index in [4.69, 9.17) is 9.47 Å². The molecule has 7 nitrogen and oxygen atoms in total. The van der Waals surface area contributed by atoms with Gasteiger partial charge in [-0.2, -0.15) is 0 Å². The second kappa shape index (κ2) is 10.6. The summed E-state index contributed by atoms with van der Waals surface area (Å²) in [7, 11) is -2.02. The van der Waals surface area contributed by atoms with Crippen molar-refractivity contribution in [3.05, 3.63) is 53.6 Å². The topological polar surface area (TPSA) is 93.7 Å². The Morgan fingerprint density at radius 1 is 0.968 bits per heavy atom. The number of amides is 1. The van der Waals surface area contributed by atoms with Crippen LogP contribution in [0.5, 0.6) is 11.5 Å². The molecule has 2 aromatic rings. The summed E-state index contributed by atoms with van der Waals surface area (Å²) in [5.74, 6) is 1.36. The number of hydrogen-bond donors (Lipinski definition) is 2. The first-order valence-corrected chi connectivity index (χ1v) is 11.8. The van der Waals surface area contributed by atoms with E-state index in [0.29, 0.717) is 29.6 Å². The number of carbonyl (C=O) groups excluding carboxylic acids is 1. The van der Waals surface area contributed by atoms with Crippen LogP contribution in [0.15, 0.2) is 47.4 Å². The summed E-state index contributed by atoms with van der Waals surface area (Å²) in [6.07, 6.45) is 0. The zero-order valence-electron chi connectivity index (χ0n) is 18.9. The first-order chi connectivity index (χ1) is 14.5. The van der Waals surface area contributed by atoms with Crippen molar-refractivity contribution in [2.45, 2.75) is 51.6 Å². The van der Waals surface area contributed by atoms with Crippen LogP contribution in [0.2, 0.25) is 0 Å². The predicted octanol–water partition coefficient (Wildman–Crippen LogP) is 3.91. The molecule has 0 saturated heterocycles. The van der Waals surface area contributed by atoms with Gasteiger partial charge in [-0.05, 0) is 68.7 Å². The molecular weight excluding hydrogens is 416 g/mol. The molecule has 0 aliphatic carbocycles. The average Bonchev–Trinajstić information content (AvgIpc) is 2.71. The van der Waals surface area contributed by atoms with Crippen LogP contribution in [0, 0.1) is 5.92 Å². The molecule has 0 bridgehead atoms. The van der Waals surface area contributed by atoms with E-state index >= 15 is 0 Å². The van der Waals surface area contributed by atoms with Crippen LogP contribution in [-0.4, -0.2) is 34.1 Å². The van der Waals surface area contributed by atoms with Gasteiger partial charge in [0, 0.05) is 11.6 Å². The maximum atomic E-state index is 12.6. The average molecular weight is 449 g/mol. The van der Waals surface area contributed by atoms with Crippen molar-refractivity contribution in [2.24, 2.45) is 5.92 Å². The van der Waals surface area contributed by atoms with Crippen LogP contribution >= 0.6 is 0 Å². The minimum absolute atomic E-state index is 0.118. The van der Waals surface area contributed by atoms with Crippen molar-refractivity contribution in [1.29, 1.82) is 0 Å². The second-order valence-corrected chi connectivity index (χ2v) is 9.82. The summed E-state index contributed by atoms with van der Waals surface area (Å²) in [4.78, 5) is 12.8. The van der Waals surface area contributed by atoms with E-state index in [1.807, 2.05) is 25.1 Å². The van der Waals surface area contributed by atoms with Gasteiger partial charge in [-0.15, -0.1) is 0 Å². The molecule has 0 radical (unpaired) electrons. The Morgan fingerprint density at radius 2 is 1.61 bits per heavy atom. The van der Waals surface area contributed by atoms with Gasteiger partial charge in [0.1, 0.15) is 0 Å². The molecule has 170 valence electrons. The quantitative estimate of drug-likeness (QED) is 0.575. The molecule has 1 atom stereocenters. The molecule has 2 N–H and O–H groups in total. The van der Waals surface area contributed by atoms with Crippen molar-refractivity contribution in [2.75, 3.05) is 13.7 Å². The molecule has 0 saturated carbocycles. The molecule has 1 unspecified atom stereocenters. The molecule has 2 aromatic carbocycles. The van der Waals surface area contributed by atoms with Gasteiger partial charge in [0.05, 0.1) is 24.7 Å². The summed E-state index contributed by atoms with van der Waals surface area (Å²) < 4.78 is 38.2. The van der Waals surface area contributed by atoms with Gasteiger partial charge in [-0.1, -0.05) is 19.9 Å². The molecule has 0 aliphatic rings. The van der Waals surface area contributed by atoms with Gasteiger partial charge < -0.3 is 14.8 Å². The lowest BCUT2D eigenvalue weighted by Crippen LogP contribution is -2.30. The van der Waals surface area contributed by atoms with E-state index in [0.717, 1.165) is 5.56 Å². The number of hydrogen-bond acceptors (Lipinski definition) is 5. The van der Waals surface area contributed by atoms with Crippen LogP contribution in [-0.2, 0) is 10.0 Å². The summed E-state index contributed by atoms with van der Waals surface area (Å²) >= 11 is 0. The molecule has 0 fully saturated rings. The SMILES string of the molecule is COc1cc(C(C)NC(=O)c2ccc(S(=O)(=O)NC(C)C)cc2)ccc1OCC(C)C. The monoisotopic (exact) mass is 448 g/mol. The Morgan fingerprint density at radius 3 is 2.16 bits per heavy atom. The molecular formula is C23H32N2O5S. The first-order valence-electron chi connectivity index (χ1n) is 10.3. The summed E-state index contributed by atoms with van der Waals surface area (Å²) in [6, 6.07) is 10.9. The molecule has 0 heterocycles. The fourth-order valence-electron chi connectivity index (χ4n) is 2.86. The minimum atomic E-state index is -3.60. The van der Waals surface area contributed by atoms with Crippen LogP contribution in [0.3, 0.4) is 0 Å². The number of carbonyl (C=O) groups is 1. The van der Waals surface area contributed by atoms with Gasteiger partial charge in [0.25, 0.3) is 5.91 Å². The van der Waals surface area contributed by atoms with Crippen molar-refractivity contribution in [3.8, 4) is 11.5 Å². The third-order valence-electron chi connectivity index (χ3n) is 4.43. The second-order valence-electron chi connectivity index (χ2n) is 8.11. The van der Waals surface area contributed by atoms with E-state index in [2.05, 4.69) is 23.9 Å². The largest absolute Gasteiger partial charge is 0.493 e. The van der Waals surface area contributed by atoms with Crippen LogP contribution in [0.4, 0.5) is 0 Å². The predicted molar refractivity (Wildman–Crippen MR) is 121 cm³/mol. The van der Waals surface area contributed by atoms with Crippen molar-refractivity contribution >= 4 is 15.9 Å². The summed E-state index contributed by atoms with van der Waals surface area (Å²) in [5.41, 5.74) is 1.24. The lowest BCUT2D eigenvalue weighted by atomic mass is 10.1. The molecule has 31 heavy (non-hydrogen) atoms. The Balaban J connectivity index is 2.10. The summed E-state index contributed by atoms with van der Waals surface area (Å²) in [6.45, 7) is 10.1. The van der Waals surface area contributed by atoms with Crippen molar-refractivity contribution < 1.29 is 22.7 Å². The maximum Gasteiger partial charge on any atom is 0.251 e. The molecule has 2 rings (SSSR count). The fourth-order valence-corrected chi connectivity index (χ4v) is 4.11. The standard InChI is InChI=1S/C23H32N2O5S/c1-15(2)14-30-21-12-9-19(13-22(21)29-6)17(5)24-23(26)18-7-10-20(11-8-18)31(27,28)25-16(3)4/h7-13,15-17,25H,14H2,1-6H3,(H,24,26). The smallest absolute Gasteiger partial charge is 0.251 e. The lowest BCUT2D eigenvalue weighted by molar-refractivity contribution is 0.0939. The van der Waals surface area contributed by atoms with Gasteiger partial charge in [-0.3, -0.25) is 4.79 Å². The number of ether oxygens (including phenoxy) is 2. The first kappa shape index (κ1) is 24.7. The zero-order chi connectivity index (χ0) is 23.2. The highest BCUT2D eigenvalue weighted by Gasteiger charge is 2.18. The van der Waals surface area contributed by atoms with Gasteiger partial charge >= 0.3 is 0 Å². The van der Waals surface area contributed by atoms with E-state index in [1.165, 1.54) is 24.3 Å². The number of sulfonamides is 1. The molecule has 8 heteroatoms. The third kappa shape index (κ3) is 6.97. The van der Waals surface area contributed by atoms with Crippen LogP contribution in [0.25, 0.3) is 0 Å². The fraction of sp³-hybridized carbons (Fsp3) is 0.435. The number of methoxy groups -OCH3 is 1. The van der Waals surface area contributed by atoms with Crippen molar-refractivity contribution in [3.63, 3.8) is 0 Å². The molecule has 0 aromatic heterocycles. The van der Waals surface area contributed by atoms with Gasteiger partial charge in [0.2, 0.25) is 10.0 Å². The van der Waals surface area contributed by atoms with E-state index in [-0.39, 0.29) is 22.9 Å². The molecule has 1 amide bonds. The van der Waals surface area contributed by atoms with Crippen LogP contribution < -0.4 is 19.5 Å². The highest BCUT2D eigenvalue weighted by molar-refractivity contribution is 7.89.